The van der Waals surface area contributed by atoms with Crippen LogP contribution in [0.4, 0.5) is 5.95 Å². The Bertz CT molecular complexity index is 804. The summed E-state index contributed by atoms with van der Waals surface area (Å²) in [4.78, 5) is 7.09. The smallest absolute Gasteiger partial charge is 0.210 e. The first-order valence-corrected chi connectivity index (χ1v) is 8.74. The Kier molecular flexibility index (Phi) is 5.12. The molecule has 0 aliphatic rings. The Morgan fingerprint density at radius 2 is 1.42 bits per heavy atom. The van der Waals surface area contributed by atoms with Crippen LogP contribution in [0.1, 0.15) is 13.8 Å². The molecular formula is C19H19Cl2N3. The summed E-state index contributed by atoms with van der Waals surface area (Å²) < 4.78 is 2.10. The van der Waals surface area contributed by atoms with Crippen molar-refractivity contribution in [3.8, 4) is 16.9 Å². The highest BCUT2D eigenvalue weighted by Crippen LogP contribution is 2.27. The van der Waals surface area contributed by atoms with Crippen LogP contribution >= 0.6 is 23.2 Å². The number of hydrogen-bond acceptors (Lipinski definition) is 2. The lowest BCUT2D eigenvalue weighted by Crippen LogP contribution is -2.25. The lowest BCUT2D eigenvalue weighted by molar-refractivity contribution is 0.807. The Hall–Kier alpha value is -1.97. The van der Waals surface area contributed by atoms with Crippen LogP contribution in [0.2, 0.25) is 10.0 Å². The van der Waals surface area contributed by atoms with Crippen LogP contribution in [0.15, 0.2) is 54.7 Å². The third kappa shape index (κ3) is 3.42. The SMILES string of the molecule is CCN(CC)c1nc(-c2ccc(Cl)cc2)cn1-c1ccc(Cl)cc1. The number of nitrogens with zero attached hydrogens (tertiary/aromatic N) is 3. The molecular weight excluding hydrogens is 341 g/mol. The van der Waals surface area contributed by atoms with Crippen LogP contribution in [0.3, 0.4) is 0 Å². The first-order chi connectivity index (χ1) is 11.6. The van der Waals surface area contributed by atoms with Gasteiger partial charge in [-0.3, -0.25) is 4.57 Å². The fourth-order valence-corrected chi connectivity index (χ4v) is 2.90. The van der Waals surface area contributed by atoms with E-state index in [1.165, 1.54) is 0 Å². The predicted octanol–water partition coefficient (Wildman–Crippen LogP) is 5.69. The number of anilines is 1. The number of benzene rings is 2. The maximum absolute atomic E-state index is 6.02. The minimum absolute atomic E-state index is 0.722. The Morgan fingerprint density at radius 3 is 1.96 bits per heavy atom. The predicted molar refractivity (Wildman–Crippen MR) is 103 cm³/mol. The molecule has 0 amide bonds. The van der Waals surface area contributed by atoms with E-state index in [4.69, 9.17) is 28.2 Å². The molecule has 0 bridgehead atoms. The summed E-state index contributed by atoms with van der Waals surface area (Å²) >= 11 is 12.0. The van der Waals surface area contributed by atoms with Gasteiger partial charge >= 0.3 is 0 Å². The Balaban J connectivity index is 2.11. The molecule has 0 saturated heterocycles. The van der Waals surface area contributed by atoms with E-state index in [1.807, 2.05) is 48.5 Å². The number of aromatic nitrogens is 2. The molecule has 124 valence electrons. The van der Waals surface area contributed by atoms with Crippen LogP contribution in [0.25, 0.3) is 16.9 Å². The third-order valence-corrected chi connectivity index (χ3v) is 4.48. The molecule has 3 rings (SSSR count). The summed E-state index contributed by atoms with van der Waals surface area (Å²) in [5, 5.41) is 1.45. The van der Waals surface area contributed by atoms with E-state index in [-0.39, 0.29) is 0 Å². The van der Waals surface area contributed by atoms with Gasteiger partial charge in [-0.25, -0.2) is 4.98 Å². The topological polar surface area (TPSA) is 21.1 Å². The molecule has 24 heavy (non-hydrogen) atoms. The van der Waals surface area contributed by atoms with Crippen LogP contribution in [0, 0.1) is 0 Å². The van der Waals surface area contributed by atoms with E-state index < -0.39 is 0 Å². The fraction of sp³-hybridized carbons (Fsp3) is 0.211. The monoisotopic (exact) mass is 359 g/mol. The van der Waals surface area contributed by atoms with Gasteiger partial charge in [-0.1, -0.05) is 35.3 Å². The molecule has 0 spiro atoms. The number of rotatable bonds is 5. The van der Waals surface area contributed by atoms with Crippen molar-refractivity contribution in [3.63, 3.8) is 0 Å². The van der Waals surface area contributed by atoms with Crippen molar-refractivity contribution in [1.29, 1.82) is 0 Å². The average Bonchev–Trinajstić information content (AvgIpc) is 3.02. The minimum atomic E-state index is 0.722. The molecule has 0 atom stereocenters. The van der Waals surface area contributed by atoms with E-state index in [9.17, 15) is 0 Å². The zero-order chi connectivity index (χ0) is 17.1. The standard InChI is InChI=1S/C19H19Cl2N3/c1-3-23(4-2)19-22-18(14-5-7-15(20)8-6-14)13-24(19)17-11-9-16(21)10-12-17/h5-13H,3-4H2,1-2H3. The molecule has 1 aromatic heterocycles. The quantitative estimate of drug-likeness (QED) is 0.583. The van der Waals surface area contributed by atoms with E-state index in [0.29, 0.717) is 0 Å². The Morgan fingerprint density at radius 1 is 0.875 bits per heavy atom. The Labute approximate surface area is 152 Å². The molecule has 2 aromatic carbocycles. The first kappa shape index (κ1) is 16.9. The van der Waals surface area contributed by atoms with Gasteiger partial charge in [0.1, 0.15) is 0 Å². The summed E-state index contributed by atoms with van der Waals surface area (Å²) in [7, 11) is 0. The molecule has 0 aliphatic carbocycles. The molecule has 0 N–H and O–H groups in total. The van der Waals surface area contributed by atoms with Crippen molar-refractivity contribution in [1.82, 2.24) is 9.55 Å². The van der Waals surface area contributed by atoms with Gasteiger partial charge in [0.25, 0.3) is 0 Å². The minimum Gasteiger partial charge on any atom is -0.342 e. The highest BCUT2D eigenvalue weighted by molar-refractivity contribution is 6.30. The lowest BCUT2D eigenvalue weighted by Gasteiger charge is -2.21. The van der Waals surface area contributed by atoms with Gasteiger partial charge in [-0.05, 0) is 50.2 Å². The van der Waals surface area contributed by atoms with Gasteiger partial charge in [0.15, 0.2) is 0 Å². The van der Waals surface area contributed by atoms with Crippen LogP contribution in [-0.2, 0) is 0 Å². The summed E-state index contributed by atoms with van der Waals surface area (Å²) in [6.07, 6.45) is 2.06. The molecule has 5 heteroatoms. The second kappa shape index (κ2) is 7.29. The van der Waals surface area contributed by atoms with Crippen molar-refractivity contribution in [2.45, 2.75) is 13.8 Å². The van der Waals surface area contributed by atoms with E-state index in [0.717, 1.165) is 46.0 Å². The highest BCUT2D eigenvalue weighted by atomic mass is 35.5. The maximum atomic E-state index is 6.02. The van der Waals surface area contributed by atoms with Gasteiger partial charge in [0.05, 0.1) is 5.69 Å². The van der Waals surface area contributed by atoms with Gasteiger partial charge in [0, 0.05) is 40.6 Å². The molecule has 0 radical (unpaired) electrons. The lowest BCUT2D eigenvalue weighted by atomic mass is 10.2. The van der Waals surface area contributed by atoms with Gasteiger partial charge in [-0.2, -0.15) is 0 Å². The fourth-order valence-electron chi connectivity index (χ4n) is 2.65. The maximum Gasteiger partial charge on any atom is 0.210 e. The van der Waals surface area contributed by atoms with Crippen LogP contribution in [0.5, 0.6) is 0 Å². The zero-order valence-corrected chi connectivity index (χ0v) is 15.2. The van der Waals surface area contributed by atoms with Gasteiger partial charge in [-0.15, -0.1) is 0 Å². The van der Waals surface area contributed by atoms with Crippen molar-refractivity contribution < 1.29 is 0 Å². The summed E-state index contributed by atoms with van der Waals surface area (Å²) in [5.41, 5.74) is 3.00. The first-order valence-electron chi connectivity index (χ1n) is 7.98. The second-order valence-electron chi connectivity index (χ2n) is 5.45. The van der Waals surface area contributed by atoms with Crippen LogP contribution in [-0.4, -0.2) is 22.6 Å². The largest absolute Gasteiger partial charge is 0.342 e. The number of imidazole rings is 1. The summed E-state index contributed by atoms with van der Waals surface area (Å²) in [6.45, 7) is 6.04. The average molecular weight is 360 g/mol. The molecule has 0 unspecified atom stereocenters. The number of hydrogen-bond donors (Lipinski definition) is 0. The van der Waals surface area contributed by atoms with Gasteiger partial charge in [0.2, 0.25) is 5.95 Å². The summed E-state index contributed by atoms with van der Waals surface area (Å²) in [6, 6.07) is 15.5. The molecule has 0 aliphatic heterocycles. The summed E-state index contributed by atoms with van der Waals surface area (Å²) in [5.74, 6) is 0.923. The van der Waals surface area contributed by atoms with Crippen LogP contribution < -0.4 is 4.90 Å². The van der Waals surface area contributed by atoms with E-state index in [1.54, 1.807) is 0 Å². The van der Waals surface area contributed by atoms with Crippen molar-refractivity contribution in [2.75, 3.05) is 18.0 Å². The second-order valence-corrected chi connectivity index (χ2v) is 6.32. The zero-order valence-electron chi connectivity index (χ0n) is 13.7. The van der Waals surface area contributed by atoms with Crippen molar-refractivity contribution >= 4 is 29.2 Å². The van der Waals surface area contributed by atoms with Gasteiger partial charge < -0.3 is 4.90 Å². The van der Waals surface area contributed by atoms with E-state index >= 15 is 0 Å². The number of halogens is 2. The van der Waals surface area contributed by atoms with E-state index in [2.05, 4.69) is 29.5 Å². The molecule has 0 saturated carbocycles. The third-order valence-electron chi connectivity index (χ3n) is 3.98. The molecule has 3 nitrogen and oxygen atoms in total. The normalized spacial score (nSPS) is 10.8. The molecule has 3 aromatic rings. The van der Waals surface area contributed by atoms with Crippen molar-refractivity contribution in [2.24, 2.45) is 0 Å². The van der Waals surface area contributed by atoms with Crippen molar-refractivity contribution in [3.05, 3.63) is 64.8 Å². The highest BCUT2D eigenvalue weighted by Gasteiger charge is 2.15. The molecule has 1 heterocycles. The molecule has 0 fully saturated rings.